The highest BCUT2D eigenvalue weighted by atomic mass is 16.5. The van der Waals surface area contributed by atoms with Gasteiger partial charge in [0.2, 0.25) is 5.75 Å². The number of hydrogen-bond acceptors (Lipinski definition) is 5. The van der Waals surface area contributed by atoms with Gasteiger partial charge in [0.25, 0.3) is 0 Å². The summed E-state index contributed by atoms with van der Waals surface area (Å²) in [5.41, 5.74) is 1.86. The molecule has 3 aromatic rings. The van der Waals surface area contributed by atoms with Crippen LogP contribution in [-0.4, -0.2) is 42.6 Å². The first-order valence-corrected chi connectivity index (χ1v) is 7.12. The van der Waals surface area contributed by atoms with Crippen molar-refractivity contribution in [2.24, 2.45) is 0 Å². The Bertz CT molecular complexity index is 917. The SMILES string of the molecule is COc1ccc(-c2n[nH]c3c(C(=O)O)cccc23)c(OC)c1OC. The van der Waals surface area contributed by atoms with Crippen LogP contribution >= 0.6 is 0 Å². The fraction of sp³-hybridized carbons (Fsp3) is 0.176. The van der Waals surface area contributed by atoms with Gasteiger partial charge in [0.1, 0.15) is 5.69 Å². The lowest BCUT2D eigenvalue weighted by Gasteiger charge is -2.14. The number of carboxylic acids is 1. The van der Waals surface area contributed by atoms with Crippen molar-refractivity contribution in [1.29, 1.82) is 0 Å². The van der Waals surface area contributed by atoms with Crippen molar-refractivity contribution in [1.82, 2.24) is 10.2 Å². The number of nitrogens with one attached hydrogen (secondary N) is 1. The lowest BCUT2D eigenvalue weighted by Crippen LogP contribution is -1.97. The Morgan fingerprint density at radius 3 is 2.42 bits per heavy atom. The van der Waals surface area contributed by atoms with Crippen LogP contribution in [0.3, 0.4) is 0 Å². The number of nitrogens with zero attached hydrogens (tertiary/aromatic N) is 1. The second-order valence-electron chi connectivity index (χ2n) is 4.99. The summed E-state index contributed by atoms with van der Waals surface area (Å²) in [5.74, 6) is 0.424. The molecule has 0 aliphatic heterocycles. The van der Waals surface area contributed by atoms with Crippen LogP contribution in [0.1, 0.15) is 10.4 Å². The maximum Gasteiger partial charge on any atom is 0.337 e. The van der Waals surface area contributed by atoms with Gasteiger partial charge in [-0.15, -0.1) is 0 Å². The van der Waals surface area contributed by atoms with Crippen LogP contribution in [0.15, 0.2) is 30.3 Å². The van der Waals surface area contributed by atoms with Crippen LogP contribution in [0.25, 0.3) is 22.2 Å². The number of carboxylic acid groups (broad SMARTS) is 1. The van der Waals surface area contributed by atoms with Gasteiger partial charge in [0.15, 0.2) is 11.5 Å². The molecule has 0 aliphatic carbocycles. The molecule has 2 N–H and O–H groups in total. The molecule has 0 aliphatic rings. The van der Waals surface area contributed by atoms with E-state index in [-0.39, 0.29) is 5.56 Å². The third kappa shape index (κ3) is 2.30. The number of methoxy groups -OCH3 is 3. The summed E-state index contributed by atoms with van der Waals surface area (Å²) >= 11 is 0. The summed E-state index contributed by atoms with van der Waals surface area (Å²) in [6.45, 7) is 0. The van der Waals surface area contributed by atoms with Gasteiger partial charge in [-0.1, -0.05) is 12.1 Å². The highest BCUT2D eigenvalue weighted by Crippen LogP contribution is 2.45. The number of H-pyrrole nitrogens is 1. The number of fused-ring (bicyclic) bond motifs is 1. The van der Waals surface area contributed by atoms with E-state index in [0.29, 0.717) is 39.4 Å². The van der Waals surface area contributed by atoms with Crippen LogP contribution < -0.4 is 14.2 Å². The molecule has 124 valence electrons. The predicted molar refractivity (Wildman–Crippen MR) is 88.1 cm³/mol. The van der Waals surface area contributed by atoms with Gasteiger partial charge in [0.05, 0.1) is 32.4 Å². The fourth-order valence-electron chi connectivity index (χ4n) is 2.71. The molecule has 0 saturated heterocycles. The molecular formula is C17H16N2O5. The molecule has 0 atom stereocenters. The summed E-state index contributed by atoms with van der Waals surface area (Å²) in [4.78, 5) is 11.4. The summed E-state index contributed by atoms with van der Waals surface area (Å²) in [6, 6.07) is 8.55. The smallest absolute Gasteiger partial charge is 0.337 e. The number of aromatic nitrogens is 2. The van der Waals surface area contributed by atoms with E-state index in [1.54, 1.807) is 31.4 Å². The second-order valence-corrected chi connectivity index (χ2v) is 4.99. The van der Waals surface area contributed by atoms with Gasteiger partial charge in [0, 0.05) is 10.9 Å². The molecule has 2 aromatic carbocycles. The Hall–Kier alpha value is -3.22. The molecule has 7 nitrogen and oxygen atoms in total. The average molecular weight is 328 g/mol. The second kappa shape index (κ2) is 6.11. The molecule has 1 aromatic heterocycles. The van der Waals surface area contributed by atoms with Crippen molar-refractivity contribution in [3.63, 3.8) is 0 Å². The van der Waals surface area contributed by atoms with Crippen molar-refractivity contribution < 1.29 is 24.1 Å². The number of rotatable bonds is 5. The minimum atomic E-state index is -1.02. The molecule has 7 heteroatoms. The van der Waals surface area contributed by atoms with E-state index < -0.39 is 5.97 Å². The van der Waals surface area contributed by atoms with E-state index in [4.69, 9.17) is 14.2 Å². The standard InChI is InChI=1S/C17H16N2O5/c1-22-12-8-7-10(15(23-2)16(12)24-3)13-9-5-4-6-11(17(20)21)14(9)19-18-13/h4-8H,1-3H3,(H,18,19)(H,20,21). The van der Waals surface area contributed by atoms with Gasteiger partial charge in [-0.25, -0.2) is 4.79 Å². The van der Waals surface area contributed by atoms with Crippen LogP contribution in [0.2, 0.25) is 0 Å². The molecule has 0 spiro atoms. The Labute approximate surface area is 137 Å². The average Bonchev–Trinajstić information content (AvgIpc) is 3.03. The molecule has 1 heterocycles. The monoisotopic (exact) mass is 328 g/mol. The Morgan fingerprint density at radius 2 is 1.79 bits per heavy atom. The largest absolute Gasteiger partial charge is 0.493 e. The van der Waals surface area contributed by atoms with Gasteiger partial charge in [-0.3, -0.25) is 5.10 Å². The first-order valence-electron chi connectivity index (χ1n) is 7.12. The Morgan fingerprint density at radius 1 is 1.04 bits per heavy atom. The van der Waals surface area contributed by atoms with Crippen molar-refractivity contribution >= 4 is 16.9 Å². The topological polar surface area (TPSA) is 93.7 Å². The zero-order valence-electron chi connectivity index (χ0n) is 13.4. The van der Waals surface area contributed by atoms with E-state index in [2.05, 4.69) is 10.2 Å². The normalized spacial score (nSPS) is 10.6. The molecule has 0 saturated carbocycles. The Balaban J connectivity index is 2.29. The number of aromatic amines is 1. The van der Waals surface area contributed by atoms with Crippen molar-refractivity contribution in [2.75, 3.05) is 21.3 Å². The summed E-state index contributed by atoms with van der Waals surface area (Å²) in [5, 5.41) is 17.1. The molecule has 0 unspecified atom stereocenters. The fourth-order valence-corrected chi connectivity index (χ4v) is 2.71. The van der Waals surface area contributed by atoms with E-state index in [9.17, 15) is 9.90 Å². The first-order chi connectivity index (χ1) is 11.6. The number of carbonyl (C=O) groups is 1. The molecular weight excluding hydrogens is 312 g/mol. The maximum atomic E-state index is 11.4. The number of hydrogen-bond donors (Lipinski definition) is 2. The van der Waals surface area contributed by atoms with E-state index >= 15 is 0 Å². The highest BCUT2D eigenvalue weighted by Gasteiger charge is 2.21. The maximum absolute atomic E-state index is 11.4. The summed E-state index contributed by atoms with van der Waals surface area (Å²) < 4.78 is 16.2. The predicted octanol–water partition coefficient (Wildman–Crippen LogP) is 2.95. The highest BCUT2D eigenvalue weighted by molar-refractivity contribution is 6.06. The van der Waals surface area contributed by atoms with E-state index in [0.717, 1.165) is 0 Å². The number of aromatic carboxylic acids is 1. The Kier molecular flexibility index (Phi) is 3.99. The van der Waals surface area contributed by atoms with Crippen molar-refractivity contribution in [2.45, 2.75) is 0 Å². The zero-order chi connectivity index (χ0) is 17.3. The zero-order valence-corrected chi connectivity index (χ0v) is 13.4. The minimum Gasteiger partial charge on any atom is -0.493 e. The van der Waals surface area contributed by atoms with Crippen molar-refractivity contribution in [3.8, 4) is 28.5 Å². The first kappa shape index (κ1) is 15.7. The molecule has 0 radical (unpaired) electrons. The van der Waals surface area contributed by atoms with Crippen LogP contribution in [0.5, 0.6) is 17.2 Å². The molecule has 24 heavy (non-hydrogen) atoms. The quantitative estimate of drug-likeness (QED) is 0.748. The van der Waals surface area contributed by atoms with Gasteiger partial charge in [-0.2, -0.15) is 5.10 Å². The molecule has 0 fully saturated rings. The number of benzene rings is 2. The third-order valence-electron chi connectivity index (χ3n) is 3.79. The minimum absolute atomic E-state index is 0.158. The molecule has 0 amide bonds. The van der Waals surface area contributed by atoms with Crippen LogP contribution in [-0.2, 0) is 0 Å². The lowest BCUT2D eigenvalue weighted by molar-refractivity contribution is 0.0699. The summed E-state index contributed by atoms with van der Waals surface area (Å²) in [7, 11) is 4.59. The number of ether oxygens (including phenoxy) is 3. The lowest BCUT2D eigenvalue weighted by atomic mass is 10.0. The van der Waals surface area contributed by atoms with Gasteiger partial charge in [-0.05, 0) is 18.2 Å². The van der Waals surface area contributed by atoms with E-state index in [1.165, 1.54) is 20.3 Å². The molecule has 0 bridgehead atoms. The van der Waals surface area contributed by atoms with E-state index in [1.807, 2.05) is 0 Å². The van der Waals surface area contributed by atoms with Crippen molar-refractivity contribution in [3.05, 3.63) is 35.9 Å². The molecule has 3 rings (SSSR count). The van der Waals surface area contributed by atoms with Crippen LogP contribution in [0.4, 0.5) is 0 Å². The number of para-hydroxylation sites is 1. The van der Waals surface area contributed by atoms with Gasteiger partial charge >= 0.3 is 5.97 Å². The van der Waals surface area contributed by atoms with Crippen LogP contribution in [0, 0.1) is 0 Å². The third-order valence-corrected chi connectivity index (χ3v) is 3.79. The summed E-state index contributed by atoms with van der Waals surface area (Å²) in [6.07, 6.45) is 0. The van der Waals surface area contributed by atoms with Gasteiger partial charge < -0.3 is 19.3 Å².